The maximum absolute atomic E-state index is 13.2. The predicted octanol–water partition coefficient (Wildman–Crippen LogP) is 7.20. The van der Waals surface area contributed by atoms with Crippen LogP contribution >= 0.6 is 0 Å². The van der Waals surface area contributed by atoms with E-state index < -0.39 is 35.6 Å². The van der Waals surface area contributed by atoms with E-state index in [2.05, 4.69) is 10.6 Å². The van der Waals surface area contributed by atoms with Crippen molar-refractivity contribution in [2.75, 3.05) is 13.1 Å². The molecule has 8 heteroatoms. The zero-order valence-corrected chi connectivity index (χ0v) is 28.3. The number of amides is 2. The molecule has 5 fully saturated rings. The molecule has 5 aliphatic carbocycles. The zero-order valence-electron chi connectivity index (χ0n) is 28.3. The van der Waals surface area contributed by atoms with E-state index in [9.17, 15) is 29.4 Å². The Labute approximate surface area is 277 Å². The molecule has 260 valence electrons. The minimum Gasteiger partial charge on any atom is -0.481 e. The number of nitrogens with one attached hydrogen (secondary N) is 2. The fourth-order valence-electron chi connectivity index (χ4n) is 10.3. The second-order valence-electron chi connectivity index (χ2n) is 16.3. The van der Waals surface area contributed by atoms with Gasteiger partial charge in [0.25, 0.3) is 0 Å². The first-order chi connectivity index (χ1) is 22.3. The summed E-state index contributed by atoms with van der Waals surface area (Å²) in [6.45, 7) is 1.19. The van der Waals surface area contributed by atoms with Gasteiger partial charge in [-0.2, -0.15) is 0 Å². The van der Waals surface area contributed by atoms with Crippen molar-refractivity contribution >= 4 is 23.8 Å². The summed E-state index contributed by atoms with van der Waals surface area (Å²) in [7, 11) is 0. The molecule has 0 heterocycles. The number of carboxylic acid groups (broad SMARTS) is 2. The lowest BCUT2D eigenvalue weighted by molar-refractivity contribution is -0.150. The van der Waals surface area contributed by atoms with Gasteiger partial charge in [0, 0.05) is 13.1 Å². The number of aliphatic carboxylic acids is 2. The monoisotopic (exact) mass is 642 g/mol. The highest BCUT2D eigenvalue weighted by Crippen LogP contribution is 2.42. The van der Waals surface area contributed by atoms with Gasteiger partial charge in [-0.05, 0) is 113 Å². The van der Waals surface area contributed by atoms with Crippen LogP contribution in [-0.4, -0.2) is 47.1 Å². The van der Waals surface area contributed by atoms with Gasteiger partial charge in [0.15, 0.2) is 0 Å². The maximum Gasteiger partial charge on any atom is 0.307 e. The van der Waals surface area contributed by atoms with Gasteiger partial charge in [-0.25, -0.2) is 0 Å². The molecule has 0 spiro atoms. The third-order valence-corrected chi connectivity index (χ3v) is 13.1. The number of hydrogen-bond donors (Lipinski definition) is 4. The molecule has 5 aliphatic rings. The minimum atomic E-state index is -0.821. The van der Waals surface area contributed by atoms with E-state index in [0.29, 0.717) is 62.4 Å². The van der Waals surface area contributed by atoms with Gasteiger partial charge in [-0.15, -0.1) is 0 Å². The Morgan fingerprint density at radius 2 is 0.761 bits per heavy atom. The van der Waals surface area contributed by atoms with Gasteiger partial charge in [0.1, 0.15) is 0 Å². The summed E-state index contributed by atoms with van der Waals surface area (Å²) in [6.07, 6.45) is 23.7. The van der Waals surface area contributed by atoms with Gasteiger partial charge in [0.05, 0.1) is 23.7 Å². The van der Waals surface area contributed by atoms with E-state index in [-0.39, 0.29) is 11.8 Å². The summed E-state index contributed by atoms with van der Waals surface area (Å²) in [5.74, 6) is -0.735. The second-order valence-corrected chi connectivity index (χ2v) is 16.3. The van der Waals surface area contributed by atoms with Crippen LogP contribution in [0.3, 0.4) is 0 Å². The Balaban J connectivity index is 0.990. The number of carbonyl (C=O) groups is 4. The number of hydrogen-bond acceptors (Lipinski definition) is 4. The van der Waals surface area contributed by atoms with Gasteiger partial charge in [-0.3, -0.25) is 19.2 Å². The molecule has 4 N–H and O–H groups in total. The highest BCUT2D eigenvalue weighted by Gasteiger charge is 2.41. The van der Waals surface area contributed by atoms with Crippen molar-refractivity contribution in [2.24, 2.45) is 59.2 Å². The second kappa shape index (κ2) is 17.3. The lowest BCUT2D eigenvalue weighted by Crippen LogP contribution is -2.44. The van der Waals surface area contributed by atoms with E-state index >= 15 is 0 Å². The van der Waals surface area contributed by atoms with Crippen molar-refractivity contribution in [1.29, 1.82) is 0 Å². The molecule has 2 amide bonds. The summed E-state index contributed by atoms with van der Waals surface area (Å²) in [4.78, 5) is 50.7. The minimum absolute atomic E-state index is 0.0839. The van der Waals surface area contributed by atoms with E-state index in [1.807, 2.05) is 0 Å². The normalized spacial score (nSPS) is 34.8. The fraction of sp³-hybridized carbons (Fsp3) is 0.895. The van der Waals surface area contributed by atoms with Crippen LogP contribution in [0.15, 0.2) is 0 Å². The van der Waals surface area contributed by atoms with E-state index in [4.69, 9.17) is 0 Å². The van der Waals surface area contributed by atoms with Crippen LogP contribution in [0.5, 0.6) is 0 Å². The summed E-state index contributed by atoms with van der Waals surface area (Å²) in [6, 6.07) is 0. The third-order valence-electron chi connectivity index (χ3n) is 13.1. The average Bonchev–Trinajstić information content (AvgIpc) is 3.07. The first-order valence-electron chi connectivity index (χ1n) is 19.3. The van der Waals surface area contributed by atoms with Crippen LogP contribution in [0.4, 0.5) is 0 Å². The Kier molecular flexibility index (Phi) is 13.3. The van der Waals surface area contributed by atoms with Crippen LogP contribution in [-0.2, 0) is 19.2 Å². The van der Waals surface area contributed by atoms with Gasteiger partial charge in [-0.1, -0.05) is 64.2 Å². The van der Waals surface area contributed by atoms with E-state index in [1.54, 1.807) is 0 Å². The molecule has 5 rings (SSSR count). The van der Waals surface area contributed by atoms with Gasteiger partial charge < -0.3 is 20.8 Å². The molecule has 0 radical (unpaired) electrons. The molecule has 0 aromatic carbocycles. The quantitative estimate of drug-likeness (QED) is 0.178. The van der Waals surface area contributed by atoms with Gasteiger partial charge >= 0.3 is 11.9 Å². The largest absolute Gasteiger partial charge is 0.481 e. The number of rotatable bonds is 12. The van der Waals surface area contributed by atoms with Crippen molar-refractivity contribution in [3.05, 3.63) is 0 Å². The van der Waals surface area contributed by atoms with Crippen molar-refractivity contribution in [2.45, 2.75) is 141 Å². The lowest BCUT2D eigenvalue weighted by Gasteiger charge is -2.36. The Morgan fingerprint density at radius 1 is 0.413 bits per heavy atom. The Bertz CT molecular complexity index is 933. The van der Waals surface area contributed by atoms with Crippen LogP contribution in [0.25, 0.3) is 0 Å². The number of carbonyl (C=O) groups excluding carboxylic acids is 2. The molecule has 0 saturated heterocycles. The summed E-state index contributed by atoms with van der Waals surface area (Å²) in [5.41, 5.74) is 0. The summed E-state index contributed by atoms with van der Waals surface area (Å²) in [5, 5.41) is 26.2. The molecule has 0 bridgehead atoms. The predicted molar refractivity (Wildman–Crippen MR) is 178 cm³/mol. The van der Waals surface area contributed by atoms with Gasteiger partial charge in [0.2, 0.25) is 11.8 Å². The smallest absolute Gasteiger partial charge is 0.307 e. The molecular formula is C38H62N2O6. The third kappa shape index (κ3) is 9.95. The maximum atomic E-state index is 13.2. The Hall–Kier alpha value is -2.12. The van der Waals surface area contributed by atoms with Crippen LogP contribution < -0.4 is 10.6 Å². The van der Waals surface area contributed by atoms with Crippen LogP contribution in [0.2, 0.25) is 0 Å². The van der Waals surface area contributed by atoms with Crippen LogP contribution in [0, 0.1) is 59.2 Å². The molecule has 8 nitrogen and oxygen atoms in total. The molecule has 6 atom stereocenters. The molecule has 0 aliphatic heterocycles. The molecule has 6 unspecified atom stereocenters. The van der Waals surface area contributed by atoms with E-state index in [0.717, 1.165) is 63.2 Å². The molecule has 0 aromatic heterocycles. The Morgan fingerprint density at radius 3 is 1.11 bits per heavy atom. The first-order valence-corrected chi connectivity index (χ1v) is 19.3. The van der Waals surface area contributed by atoms with Crippen molar-refractivity contribution in [3.8, 4) is 0 Å². The SMILES string of the molecule is O=C(O)C1CC(CC2CCCCC2)CCC1C(=O)NCC1CCC(CNC(=O)C2CCC(CC3CCCCC3)CC2C(=O)O)CC1. The average molecular weight is 643 g/mol. The summed E-state index contributed by atoms with van der Waals surface area (Å²) >= 11 is 0. The lowest BCUT2D eigenvalue weighted by atomic mass is 9.69. The van der Waals surface area contributed by atoms with Crippen molar-refractivity contribution in [1.82, 2.24) is 10.6 Å². The highest BCUT2D eigenvalue weighted by atomic mass is 16.4. The standard InChI is InChI=1S/C38H62N2O6/c41-35(31-17-15-29(21-33(31)37(43)44)19-25-7-3-1-4-8-25)39-23-27-11-13-28(14-12-27)24-40-36(42)32-18-16-30(22-34(32)38(45)46)20-26-9-5-2-6-10-26/h25-34H,1-24H2,(H,39,41)(H,40,42)(H,43,44)(H,45,46). The van der Waals surface area contributed by atoms with Crippen molar-refractivity contribution in [3.63, 3.8) is 0 Å². The first kappa shape index (κ1) is 35.2. The zero-order chi connectivity index (χ0) is 32.5. The fourth-order valence-corrected chi connectivity index (χ4v) is 10.3. The number of carboxylic acids is 2. The molecule has 5 saturated carbocycles. The van der Waals surface area contributed by atoms with Crippen LogP contribution in [0.1, 0.15) is 141 Å². The highest BCUT2D eigenvalue weighted by molar-refractivity contribution is 5.85. The van der Waals surface area contributed by atoms with Crippen molar-refractivity contribution < 1.29 is 29.4 Å². The topological polar surface area (TPSA) is 133 Å². The summed E-state index contributed by atoms with van der Waals surface area (Å²) < 4.78 is 0. The molecule has 0 aromatic rings. The molecular weight excluding hydrogens is 580 g/mol. The van der Waals surface area contributed by atoms with E-state index in [1.165, 1.54) is 64.2 Å². The molecule has 46 heavy (non-hydrogen) atoms.